The second-order valence-electron chi connectivity index (χ2n) is 4.73. The molecule has 0 aliphatic heterocycles. The van der Waals surface area contributed by atoms with Crippen molar-refractivity contribution < 1.29 is 4.39 Å². The van der Waals surface area contributed by atoms with Gasteiger partial charge in [-0.2, -0.15) is 0 Å². The molecular weight excluding hydrogens is 275 g/mol. The van der Waals surface area contributed by atoms with Gasteiger partial charge in [-0.1, -0.05) is 18.5 Å². The van der Waals surface area contributed by atoms with Crippen LogP contribution in [0.4, 0.5) is 4.39 Å². The molecule has 2 nitrogen and oxygen atoms in total. The van der Waals surface area contributed by atoms with E-state index in [2.05, 4.69) is 17.2 Å². The van der Waals surface area contributed by atoms with E-state index in [1.165, 1.54) is 12.1 Å². The Bertz CT molecular complexity index is 545. The van der Waals surface area contributed by atoms with Crippen LogP contribution in [-0.4, -0.2) is 11.5 Å². The summed E-state index contributed by atoms with van der Waals surface area (Å²) < 4.78 is 13.4. The summed E-state index contributed by atoms with van der Waals surface area (Å²) in [6.45, 7) is 3.02. The van der Waals surface area contributed by atoms with Gasteiger partial charge in [0.15, 0.2) is 0 Å². The first kappa shape index (κ1) is 14.9. The van der Waals surface area contributed by atoms with Crippen molar-refractivity contribution >= 4 is 11.6 Å². The van der Waals surface area contributed by atoms with Crippen LogP contribution in [0.3, 0.4) is 0 Å². The van der Waals surface area contributed by atoms with Crippen LogP contribution in [0.25, 0.3) is 0 Å². The Kier molecular flexibility index (Phi) is 5.50. The summed E-state index contributed by atoms with van der Waals surface area (Å²) in [5.74, 6) is -0.256. The minimum atomic E-state index is -0.256. The minimum Gasteiger partial charge on any atom is -0.310 e. The summed E-state index contributed by atoms with van der Waals surface area (Å²) in [5.41, 5.74) is 1.95. The van der Waals surface area contributed by atoms with Crippen LogP contribution in [-0.2, 0) is 6.42 Å². The van der Waals surface area contributed by atoms with Gasteiger partial charge in [0.05, 0.1) is 0 Å². The molecular formula is C16H18ClFN2. The largest absolute Gasteiger partial charge is 0.310 e. The first-order chi connectivity index (χ1) is 9.70. The van der Waals surface area contributed by atoms with Crippen LogP contribution in [0.1, 0.15) is 30.5 Å². The summed E-state index contributed by atoms with van der Waals surface area (Å²) in [6, 6.07) is 8.55. The van der Waals surface area contributed by atoms with Gasteiger partial charge >= 0.3 is 0 Å². The third-order valence-electron chi connectivity index (χ3n) is 3.18. The van der Waals surface area contributed by atoms with Crippen molar-refractivity contribution in [3.05, 3.63) is 64.7 Å². The minimum absolute atomic E-state index is 0.109. The number of nitrogens with one attached hydrogen (secondary N) is 1. The van der Waals surface area contributed by atoms with E-state index < -0.39 is 0 Å². The van der Waals surface area contributed by atoms with Gasteiger partial charge in [-0.25, -0.2) is 4.39 Å². The molecule has 0 bridgehead atoms. The van der Waals surface area contributed by atoms with Crippen LogP contribution < -0.4 is 5.32 Å². The molecule has 106 valence electrons. The molecule has 0 aliphatic rings. The van der Waals surface area contributed by atoms with Gasteiger partial charge in [-0.15, -0.1) is 0 Å². The smallest absolute Gasteiger partial charge is 0.123 e. The van der Waals surface area contributed by atoms with Crippen molar-refractivity contribution in [3.63, 3.8) is 0 Å². The molecule has 1 aromatic carbocycles. The number of hydrogen-bond donors (Lipinski definition) is 1. The number of rotatable bonds is 6. The Morgan fingerprint density at radius 2 is 2.00 bits per heavy atom. The maximum absolute atomic E-state index is 13.4. The molecule has 0 amide bonds. The van der Waals surface area contributed by atoms with Crippen LogP contribution in [0.2, 0.25) is 5.02 Å². The van der Waals surface area contributed by atoms with E-state index in [4.69, 9.17) is 11.6 Å². The zero-order valence-electron chi connectivity index (χ0n) is 11.4. The second-order valence-corrected chi connectivity index (χ2v) is 5.13. The predicted octanol–water partition coefficient (Wildman–Crippen LogP) is 4.16. The summed E-state index contributed by atoms with van der Waals surface area (Å²) in [7, 11) is 0. The lowest BCUT2D eigenvalue weighted by molar-refractivity contribution is 0.527. The molecule has 0 saturated carbocycles. The van der Waals surface area contributed by atoms with E-state index in [0.29, 0.717) is 11.4 Å². The molecule has 0 spiro atoms. The van der Waals surface area contributed by atoms with Gasteiger partial charge in [-0.3, -0.25) is 4.98 Å². The molecule has 0 fully saturated rings. The van der Waals surface area contributed by atoms with Crippen molar-refractivity contribution in [2.45, 2.75) is 25.8 Å². The average molecular weight is 293 g/mol. The van der Waals surface area contributed by atoms with E-state index in [-0.39, 0.29) is 11.9 Å². The summed E-state index contributed by atoms with van der Waals surface area (Å²) >= 11 is 6.16. The highest BCUT2D eigenvalue weighted by Crippen LogP contribution is 2.24. The second kappa shape index (κ2) is 7.36. The molecule has 20 heavy (non-hydrogen) atoms. The lowest BCUT2D eigenvalue weighted by Gasteiger charge is -2.19. The Balaban J connectivity index is 2.21. The summed E-state index contributed by atoms with van der Waals surface area (Å²) in [6.07, 6.45) is 5.23. The number of benzene rings is 1. The van der Waals surface area contributed by atoms with Gasteiger partial charge < -0.3 is 5.32 Å². The maximum atomic E-state index is 13.4. The fourth-order valence-electron chi connectivity index (χ4n) is 2.14. The maximum Gasteiger partial charge on any atom is 0.123 e. The van der Waals surface area contributed by atoms with Crippen LogP contribution in [0.5, 0.6) is 0 Å². The zero-order valence-corrected chi connectivity index (χ0v) is 12.2. The molecule has 2 aromatic rings. The van der Waals surface area contributed by atoms with Crippen LogP contribution in [0.15, 0.2) is 42.7 Å². The quantitative estimate of drug-likeness (QED) is 0.865. The first-order valence-corrected chi connectivity index (χ1v) is 7.15. The highest BCUT2D eigenvalue weighted by atomic mass is 35.5. The Morgan fingerprint density at radius 1 is 1.25 bits per heavy atom. The topological polar surface area (TPSA) is 24.9 Å². The number of halogens is 2. The molecule has 1 unspecified atom stereocenters. The molecule has 1 heterocycles. The first-order valence-electron chi connectivity index (χ1n) is 6.78. The third-order valence-corrected chi connectivity index (χ3v) is 3.55. The Morgan fingerprint density at radius 3 is 2.70 bits per heavy atom. The standard InChI is InChI=1S/C16H18ClFN2/c1-2-7-20-16(12-5-8-19-9-6-12)11-13-10-14(18)3-4-15(13)17/h3-6,8-10,16,20H,2,7,11H2,1H3. The lowest BCUT2D eigenvalue weighted by Crippen LogP contribution is -2.24. The van der Waals surface area contributed by atoms with Crippen molar-refractivity contribution in [1.29, 1.82) is 0 Å². The normalized spacial score (nSPS) is 12.3. The predicted molar refractivity (Wildman–Crippen MR) is 80.4 cm³/mol. The molecule has 0 radical (unpaired) electrons. The monoisotopic (exact) mass is 292 g/mol. The number of pyridine rings is 1. The molecule has 0 saturated heterocycles. The number of aromatic nitrogens is 1. The van der Waals surface area contributed by atoms with Gasteiger partial charge in [-0.05, 0) is 60.8 Å². The van der Waals surface area contributed by atoms with Gasteiger partial charge in [0, 0.05) is 23.5 Å². The molecule has 4 heteroatoms. The van der Waals surface area contributed by atoms with Gasteiger partial charge in [0.25, 0.3) is 0 Å². The summed E-state index contributed by atoms with van der Waals surface area (Å²) in [5, 5.41) is 4.07. The van der Waals surface area contributed by atoms with E-state index >= 15 is 0 Å². The van der Waals surface area contributed by atoms with E-state index in [9.17, 15) is 4.39 Å². The van der Waals surface area contributed by atoms with E-state index in [0.717, 1.165) is 24.1 Å². The molecule has 1 aromatic heterocycles. The van der Waals surface area contributed by atoms with Gasteiger partial charge in [0.1, 0.15) is 5.82 Å². The summed E-state index contributed by atoms with van der Waals surface area (Å²) in [4.78, 5) is 4.03. The van der Waals surface area contributed by atoms with Crippen molar-refractivity contribution in [3.8, 4) is 0 Å². The highest BCUT2D eigenvalue weighted by Gasteiger charge is 2.13. The van der Waals surface area contributed by atoms with E-state index in [1.807, 2.05) is 12.1 Å². The van der Waals surface area contributed by atoms with Crippen LogP contribution in [0, 0.1) is 5.82 Å². The number of hydrogen-bond acceptors (Lipinski definition) is 2. The third kappa shape index (κ3) is 4.02. The van der Waals surface area contributed by atoms with Crippen molar-refractivity contribution in [1.82, 2.24) is 10.3 Å². The zero-order chi connectivity index (χ0) is 14.4. The fraction of sp³-hybridized carbons (Fsp3) is 0.312. The van der Waals surface area contributed by atoms with Gasteiger partial charge in [0.2, 0.25) is 0 Å². The molecule has 1 N–H and O–H groups in total. The lowest BCUT2D eigenvalue weighted by atomic mass is 9.99. The molecule has 1 atom stereocenters. The van der Waals surface area contributed by atoms with Crippen molar-refractivity contribution in [2.24, 2.45) is 0 Å². The number of nitrogens with zero attached hydrogens (tertiary/aromatic N) is 1. The highest BCUT2D eigenvalue weighted by molar-refractivity contribution is 6.31. The average Bonchev–Trinajstić information content (AvgIpc) is 2.48. The Labute approximate surface area is 124 Å². The van der Waals surface area contributed by atoms with E-state index in [1.54, 1.807) is 18.5 Å². The molecule has 2 rings (SSSR count). The fourth-order valence-corrected chi connectivity index (χ4v) is 2.34. The molecule has 0 aliphatic carbocycles. The van der Waals surface area contributed by atoms with Crippen LogP contribution >= 0.6 is 11.6 Å². The van der Waals surface area contributed by atoms with Crippen molar-refractivity contribution in [2.75, 3.05) is 6.54 Å². The Hall–Kier alpha value is -1.45. The SMILES string of the molecule is CCCNC(Cc1cc(F)ccc1Cl)c1ccncc1.